The number of unbranched alkanes of at least 4 members (excludes halogenated alkanes) is 9. The molecule has 0 atom stereocenters. The fraction of sp³-hybridized carbons (Fsp3) is 0.769. The van der Waals surface area contributed by atoms with Crippen LogP contribution >= 0.6 is 0 Å². The van der Waals surface area contributed by atoms with Crippen LogP contribution in [0, 0.1) is 0 Å². The van der Waals surface area contributed by atoms with Crippen molar-refractivity contribution in [3.63, 3.8) is 0 Å². The first-order chi connectivity index (χ1) is 21.6. The van der Waals surface area contributed by atoms with Gasteiger partial charge in [0, 0.05) is 33.9 Å². The highest BCUT2D eigenvalue weighted by Gasteiger charge is 2.47. The van der Waals surface area contributed by atoms with E-state index in [0.717, 1.165) is 49.7 Å². The Morgan fingerprint density at radius 2 is 1.11 bits per heavy atom. The van der Waals surface area contributed by atoms with Crippen molar-refractivity contribution in [1.82, 2.24) is 15.0 Å². The number of aromatic nitrogens is 3. The highest BCUT2D eigenvalue weighted by atomic mass is 15.4. The van der Waals surface area contributed by atoms with Crippen LogP contribution in [-0.2, 0) is 6.42 Å². The summed E-state index contributed by atoms with van der Waals surface area (Å²) in [6.07, 6.45) is 20.0. The lowest BCUT2D eigenvalue weighted by molar-refractivity contribution is 0.215. The van der Waals surface area contributed by atoms with Crippen molar-refractivity contribution in [3.05, 3.63) is 29.8 Å². The molecule has 0 aliphatic carbocycles. The molecule has 1 aromatic carbocycles. The second-order valence-electron chi connectivity index (χ2n) is 17.0. The van der Waals surface area contributed by atoms with Crippen molar-refractivity contribution in [2.45, 2.75) is 193 Å². The Morgan fingerprint density at radius 1 is 0.652 bits per heavy atom. The number of nitrogens with two attached hydrogens (primary N) is 1. The van der Waals surface area contributed by atoms with Gasteiger partial charge < -0.3 is 20.9 Å². The van der Waals surface area contributed by atoms with Gasteiger partial charge in [-0.05, 0) is 118 Å². The van der Waals surface area contributed by atoms with E-state index in [1.165, 1.54) is 76.2 Å². The monoisotopic (exact) mass is 634 g/mol. The lowest BCUT2D eigenvalue weighted by Gasteiger charge is -2.55. The van der Waals surface area contributed by atoms with Gasteiger partial charge in [0.1, 0.15) is 0 Å². The molecule has 0 bridgehead atoms. The Hall–Kier alpha value is -2.41. The van der Waals surface area contributed by atoms with Crippen LogP contribution in [0.5, 0.6) is 0 Å². The fourth-order valence-corrected chi connectivity index (χ4v) is 8.75. The summed E-state index contributed by atoms with van der Waals surface area (Å²) < 4.78 is 0. The molecular weight excluding hydrogens is 566 g/mol. The number of rotatable bonds is 15. The Labute approximate surface area is 281 Å². The fourth-order valence-electron chi connectivity index (χ4n) is 8.75. The van der Waals surface area contributed by atoms with Crippen molar-refractivity contribution < 1.29 is 0 Å². The van der Waals surface area contributed by atoms with Crippen LogP contribution in [0.15, 0.2) is 24.3 Å². The molecule has 0 spiro atoms. The van der Waals surface area contributed by atoms with Crippen molar-refractivity contribution >= 4 is 23.5 Å². The minimum absolute atomic E-state index is 0.0663. The summed E-state index contributed by atoms with van der Waals surface area (Å²) in [7, 11) is 0. The van der Waals surface area contributed by atoms with E-state index in [-0.39, 0.29) is 28.2 Å². The topological polar surface area (TPSA) is 83.2 Å². The zero-order valence-corrected chi connectivity index (χ0v) is 31.0. The van der Waals surface area contributed by atoms with Crippen LogP contribution in [0.2, 0.25) is 0 Å². The van der Waals surface area contributed by atoms with Gasteiger partial charge in [0.25, 0.3) is 0 Å². The minimum atomic E-state index is -0.194. The molecule has 3 heterocycles. The summed E-state index contributed by atoms with van der Waals surface area (Å²) in [6.45, 7) is 20.7. The maximum atomic E-state index is 6.56. The first-order valence-corrected chi connectivity index (χ1v) is 18.6. The second-order valence-corrected chi connectivity index (χ2v) is 17.0. The molecule has 0 amide bonds. The van der Waals surface area contributed by atoms with E-state index in [4.69, 9.17) is 20.7 Å². The summed E-state index contributed by atoms with van der Waals surface area (Å²) >= 11 is 0. The second kappa shape index (κ2) is 15.2. The largest absolute Gasteiger partial charge is 0.330 e. The molecule has 2 aliphatic heterocycles. The summed E-state index contributed by atoms with van der Waals surface area (Å²) in [5, 5.41) is 3.58. The van der Waals surface area contributed by atoms with Crippen LogP contribution < -0.4 is 20.9 Å². The van der Waals surface area contributed by atoms with Gasteiger partial charge in [-0.3, -0.25) is 0 Å². The number of hydrogen-bond acceptors (Lipinski definition) is 7. The van der Waals surface area contributed by atoms with Gasteiger partial charge in [-0.2, -0.15) is 15.0 Å². The zero-order valence-electron chi connectivity index (χ0n) is 31.0. The summed E-state index contributed by atoms with van der Waals surface area (Å²) in [5.41, 5.74) is 8.44. The Bertz CT molecular complexity index is 1200. The van der Waals surface area contributed by atoms with Gasteiger partial charge in [0.2, 0.25) is 17.8 Å². The average molecular weight is 634 g/mol. The molecule has 46 heavy (non-hydrogen) atoms. The smallest absolute Gasteiger partial charge is 0.233 e. The molecule has 2 aromatic rings. The molecule has 2 aliphatic rings. The highest BCUT2D eigenvalue weighted by molar-refractivity contribution is 5.58. The predicted octanol–water partition coefficient (Wildman–Crippen LogP) is 10.1. The molecule has 4 rings (SSSR count). The van der Waals surface area contributed by atoms with Crippen LogP contribution in [0.4, 0.5) is 23.5 Å². The van der Waals surface area contributed by atoms with E-state index in [1.807, 2.05) is 0 Å². The minimum Gasteiger partial charge on any atom is -0.330 e. The van der Waals surface area contributed by atoms with Crippen molar-refractivity contribution in [2.24, 2.45) is 5.73 Å². The Balaban J connectivity index is 1.50. The van der Waals surface area contributed by atoms with Gasteiger partial charge in [0.05, 0.1) is 0 Å². The number of nitrogens with zero attached hydrogens (tertiary/aromatic N) is 5. The lowest BCUT2D eigenvalue weighted by atomic mass is 9.77. The summed E-state index contributed by atoms with van der Waals surface area (Å²) in [6, 6.07) is 9.02. The van der Waals surface area contributed by atoms with Crippen molar-refractivity contribution in [2.75, 3.05) is 15.1 Å². The maximum absolute atomic E-state index is 6.56. The molecule has 258 valence electrons. The van der Waals surface area contributed by atoms with Gasteiger partial charge in [-0.25, -0.2) is 0 Å². The third kappa shape index (κ3) is 9.35. The van der Waals surface area contributed by atoms with E-state index in [9.17, 15) is 0 Å². The number of piperidine rings is 2. The lowest BCUT2D eigenvalue weighted by Crippen LogP contribution is -2.64. The van der Waals surface area contributed by atoms with Crippen molar-refractivity contribution in [1.29, 1.82) is 0 Å². The summed E-state index contributed by atoms with van der Waals surface area (Å²) in [5.74, 6) is 2.08. The molecule has 7 heteroatoms. The Morgan fingerprint density at radius 3 is 1.61 bits per heavy atom. The number of nitrogens with one attached hydrogen (secondary N) is 1. The Kier molecular flexibility index (Phi) is 12.0. The number of hydrogen-bond donors (Lipinski definition) is 2. The average Bonchev–Trinajstić information content (AvgIpc) is 2.92. The molecule has 1 aromatic heterocycles. The molecule has 3 N–H and O–H groups in total. The molecule has 0 radical (unpaired) electrons. The van der Waals surface area contributed by atoms with E-state index in [0.29, 0.717) is 5.95 Å². The zero-order chi connectivity index (χ0) is 33.6. The molecule has 0 saturated carbocycles. The van der Waals surface area contributed by atoms with Gasteiger partial charge in [-0.15, -0.1) is 0 Å². The normalized spacial score (nSPS) is 20.6. The predicted molar refractivity (Wildman–Crippen MR) is 197 cm³/mol. The maximum Gasteiger partial charge on any atom is 0.233 e. The molecule has 7 nitrogen and oxygen atoms in total. The first kappa shape index (κ1) is 36.4. The molecule has 0 unspecified atom stereocenters. The number of benzene rings is 1. The molecule has 2 saturated heterocycles. The van der Waals surface area contributed by atoms with Crippen LogP contribution in [0.1, 0.15) is 164 Å². The van der Waals surface area contributed by atoms with Crippen LogP contribution in [0.3, 0.4) is 0 Å². The van der Waals surface area contributed by atoms with E-state index in [2.05, 4.69) is 102 Å². The van der Waals surface area contributed by atoms with Crippen LogP contribution in [0.25, 0.3) is 0 Å². The van der Waals surface area contributed by atoms with E-state index in [1.54, 1.807) is 0 Å². The third-order valence-electron chi connectivity index (χ3n) is 10.6. The number of anilines is 4. The quantitative estimate of drug-likeness (QED) is 0.189. The van der Waals surface area contributed by atoms with Crippen LogP contribution in [-0.4, -0.2) is 43.1 Å². The SMILES string of the molecule is CCCCCCCCCCCCc1ccc(Nc2nc(N3C(C)(C)CCCC3(C)C)nc(N3C(C)(C)CC(N)CC3(C)C)n2)cc1. The number of aryl methyl sites for hydroxylation is 1. The third-order valence-corrected chi connectivity index (χ3v) is 10.6. The van der Waals surface area contributed by atoms with Gasteiger partial charge in [-0.1, -0.05) is 76.8 Å². The van der Waals surface area contributed by atoms with Gasteiger partial charge in [0.15, 0.2) is 0 Å². The van der Waals surface area contributed by atoms with Crippen molar-refractivity contribution in [3.8, 4) is 0 Å². The first-order valence-electron chi connectivity index (χ1n) is 18.6. The summed E-state index contributed by atoms with van der Waals surface area (Å²) in [4.78, 5) is 20.4. The van der Waals surface area contributed by atoms with E-state index < -0.39 is 0 Å². The molecular formula is C39H67N7. The van der Waals surface area contributed by atoms with Gasteiger partial charge >= 0.3 is 0 Å². The standard InChI is InChI=1S/C39H67N7/c1-10-11-12-13-14-15-16-17-18-19-21-30-22-24-32(25-23-30)41-33-42-34(45-36(2,3)26-20-27-37(45,4)5)44-35(43-33)46-38(6,7)28-31(40)29-39(46,8)9/h22-25,31H,10-21,26-29,40H2,1-9H3,(H,41,42,43,44). The molecule has 2 fully saturated rings. The van der Waals surface area contributed by atoms with E-state index >= 15 is 0 Å². The highest BCUT2D eigenvalue weighted by Crippen LogP contribution is 2.44.